The number of allylic oxidation sites excluding steroid dienone is 2. The molecule has 0 heteroatoms. The molecule has 0 aliphatic carbocycles. The summed E-state index contributed by atoms with van der Waals surface area (Å²) in [5.74, 6) is 3.24. The van der Waals surface area contributed by atoms with Crippen molar-refractivity contribution >= 4 is 0 Å². The highest BCUT2D eigenvalue weighted by Gasteiger charge is 2.22. The first-order valence-corrected chi connectivity index (χ1v) is 9.04. The summed E-state index contributed by atoms with van der Waals surface area (Å²) < 4.78 is 0. The zero-order chi connectivity index (χ0) is 17.2. The summed E-state index contributed by atoms with van der Waals surface area (Å²) in [7, 11) is 0. The fraction of sp³-hybridized carbons (Fsp3) is 0.905. The molecule has 0 atom stereocenters. The van der Waals surface area contributed by atoms with Crippen molar-refractivity contribution in [1.29, 1.82) is 0 Å². The van der Waals surface area contributed by atoms with Gasteiger partial charge < -0.3 is 0 Å². The van der Waals surface area contributed by atoms with Crippen molar-refractivity contribution in [1.82, 2.24) is 0 Å². The van der Waals surface area contributed by atoms with Crippen molar-refractivity contribution in [3.8, 4) is 0 Å². The third kappa shape index (κ3) is 15.9. The average Bonchev–Trinajstić information content (AvgIpc) is 2.24. The van der Waals surface area contributed by atoms with Gasteiger partial charge >= 0.3 is 0 Å². The van der Waals surface area contributed by atoms with Crippen LogP contribution in [-0.2, 0) is 0 Å². The molecule has 0 amide bonds. The maximum atomic E-state index is 2.38. The first kappa shape index (κ1) is 23.0. The van der Waals surface area contributed by atoms with Crippen LogP contribution < -0.4 is 0 Å². The van der Waals surface area contributed by atoms with Crippen molar-refractivity contribution < 1.29 is 0 Å². The van der Waals surface area contributed by atoms with Crippen LogP contribution in [0.2, 0.25) is 0 Å². The van der Waals surface area contributed by atoms with Gasteiger partial charge in [-0.15, -0.1) is 0 Å². The quantitative estimate of drug-likeness (QED) is 0.421. The van der Waals surface area contributed by atoms with Gasteiger partial charge in [0.25, 0.3) is 0 Å². The zero-order valence-electron chi connectivity index (χ0n) is 17.0. The van der Waals surface area contributed by atoms with E-state index in [1.165, 1.54) is 19.3 Å². The summed E-state index contributed by atoms with van der Waals surface area (Å²) in [4.78, 5) is 0. The molecule has 0 unspecified atom stereocenters. The van der Waals surface area contributed by atoms with Crippen LogP contribution in [0.5, 0.6) is 0 Å². The SMILES string of the molecule is C/C(=C/CC(C)C)CC(C)C.CC(C)CC(C)(C)C(C)C. The Morgan fingerprint density at radius 2 is 1.29 bits per heavy atom. The second-order valence-electron chi connectivity index (χ2n) is 9.02. The molecule has 21 heavy (non-hydrogen) atoms. The van der Waals surface area contributed by atoms with E-state index in [1.54, 1.807) is 5.57 Å². The number of rotatable bonds is 7. The molecule has 0 aromatic rings. The molecule has 0 heterocycles. The fourth-order valence-corrected chi connectivity index (χ4v) is 2.45. The summed E-state index contributed by atoms with van der Waals surface area (Å²) >= 11 is 0. The Morgan fingerprint density at radius 3 is 1.52 bits per heavy atom. The molecular formula is C21H44. The molecule has 0 N–H and O–H groups in total. The van der Waals surface area contributed by atoms with Gasteiger partial charge in [0.1, 0.15) is 0 Å². The van der Waals surface area contributed by atoms with Crippen molar-refractivity contribution in [2.45, 2.75) is 95.4 Å². The predicted octanol–water partition coefficient (Wildman–Crippen LogP) is 7.74. The van der Waals surface area contributed by atoms with E-state index in [0.717, 1.165) is 23.7 Å². The molecule has 0 aliphatic rings. The third-order valence-electron chi connectivity index (χ3n) is 4.17. The van der Waals surface area contributed by atoms with Gasteiger partial charge in [0.2, 0.25) is 0 Å². The number of hydrogen-bond acceptors (Lipinski definition) is 0. The van der Waals surface area contributed by atoms with E-state index in [1.807, 2.05) is 0 Å². The minimum atomic E-state index is 0.522. The van der Waals surface area contributed by atoms with Gasteiger partial charge in [-0.05, 0) is 55.3 Å². The standard InChI is InChI=1S/C11H22.C10H22/c1-9(2)6-7-11(5)8-10(3)4;1-8(2)7-10(5,6)9(3)4/h7,9-10H,6,8H2,1-5H3;8-9H,7H2,1-6H3/b11-7-;. The van der Waals surface area contributed by atoms with Crippen molar-refractivity contribution in [2.24, 2.45) is 29.1 Å². The van der Waals surface area contributed by atoms with Crippen LogP contribution >= 0.6 is 0 Å². The maximum Gasteiger partial charge on any atom is -0.0300 e. The van der Waals surface area contributed by atoms with E-state index in [2.05, 4.69) is 82.2 Å². The Kier molecular flexibility index (Phi) is 12.4. The van der Waals surface area contributed by atoms with Crippen molar-refractivity contribution in [3.05, 3.63) is 11.6 Å². The molecule has 128 valence electrons. The van der Waals surface area contributed by atoms with E-state index in [9.17, 15) is 0 Å². The molecule has 0 saturated carbocycles. The molecule has 0 aliphatic heterocycles. The maximum absolute atomic E-state index is 2.38. The van der Waals surface area contributed by atoms with Gasteiger partial charge in [-0.25, -0.2) is 0 Å². The molecule has 0 aromatic heterocycles. The van der Waals surface area contributed by atoms with E-state index in [0.29, 0.717) is 5.41 Å². The van der Waals surface area contributed by atoms with Gasteiger partial charge in [0.05, 0.1) is 0 Å². The molecule has 0 aromatic carbocycles. The molecule has 0 saturated heterocycles. The second-order valence-corrected chi connectivity index (χ2v) is 9.02. The summed E-state index contributed by atoms with van der Waals surface area (Å²) in [6, 6.07) is 0. The van der Waals surface area contributed by atoms with Crippen LogP contribution in [0.4, 0.5) is 0 Å². The smallest absolute Gasteiger partial charge is 0.0300 e. The summed E-state index contributed by atoms with van der Waals surface area (Å²) in [6.45, 7) is 25.2. The highest BCUT2D eigenvalue weighted by Crippen LogP contribution is 2.32. The van der Waals surface area contributed by atoms with E-state index >= 15 is 0 Å². The lowest BCUT2D eigenvalue weighted by atomic mass is 9.75. The van der Waals surface area contributed by atoms with Crippen LogP contribution in [0.3, 0.4) is 0 Å². The van der Waals surface area contributed by atoms with E-state index in [4.69, 9.17) is 0 Å². The predicted molar refractivity (Wildman–Crippen MR) is 101 cm³/mol. The van der Waals surface area contributed by atoms with Crippen LogP contribution in [0, 0.1) is 29.1 Å². The Morgan fingerprint density at radius 1 is 0.810 bits per heavy atom. The van der Waals surface area contributed by atoms with Crippen LogP contribution in [0.25, 0.3) is 0 Å². The summed E-state index contributed by atoms with van der Waals surface area (Å²) in [6.07, 6.45) is 6.21. The fourth-order valence-electron chi connectivity index (χ4n) is 2.45. The first-order valence-electron chi connectivity index (χ1n) is 9.04. The first-order chi connectivity index (χ1) is 9.38. The molecule has 0 rings (SSSR count). The Labute approximate surface area is 136 Å². The highest BCUT2D eigenvalue weighted by atomic mass is 14.3. The van der Waals surface area contributed by atoms with Crippen LogP contribution in [0.15, 0.2) is 11.6 Å². The zero-order valence-corrected chi connectivity index (χ0v) is 17.0. The average molecular weight is 297 g/mol. The topological polar surface area (TPSA) is 0 Å². The van der Waals surface area contributed by atoms with E-state index < -0.39 is 0 Å². The number of hydrogen-bond donors (Lipinski definition) is 0. The lowest BCUT2D eigenvalue weighted by Gasteiger charge is -2.30. The van der Waals surface area contributed by atoms with E-state index in [-0.39, 0.29) is 0 Å². The van der Waals surface area contributed by atoms with Crippen LogP contribution in [-0.4, -0.2) is 0 Å². The highest BCUT2D eigenvalue weighted by molar-refractivity contribution is 4.98. The van der Waals surface area contributed by atoms with Gasteiger partial charge in [-0.1, -0.05) is 80.9 Å². The van der Waals surface area contributed by atoms with Crippen LogP contribution in [0.1, 0.15) is 95.4 Å². The third-order valence-corrected chi connectivity index (χ3v) is 4.17. The van der Waals surface area contributed by atoms with Crippen molar-refractivity contribution in [3.63, 3.8) is 0 Å². The minimum absolute atomic E-state index is 0.522. The van der Waals surface area contributed by atoms with Gasteiger partial charge in [-0.2, -0.15) is 0 Å². The Balaban J connectivity index is 0. The summed E-state index contributed by atoms with van der Waals surface area (Å²) in [5, 5.41) is 0. The Bertz CT molecular complexity index is 264. The monoisotopic (exact) mass is 296 g/mol. The molecule has 0 fully saturated rings. The molecule has 0 radical (unpaired) electrons. The van der Waals surface area contributed by atoms with Crippen molar-refractivity contribution in [2.75, 3.05) is 0 Å². The lowest BCUT2D eigenvalue weighted by Crippen LogP contribution is -2.21. The molecule has 0 bridgehead atoms. The van der Waals surface area contributed by atoms with Gasteiger partial charge in [0, 0.05) is 0 Å². The van der Waals surface area contributed by atoms with Gasteiger partial charge in [-0.3, -0.25) is 0 Å². The normalized spacial score (nSPS) is 13.2. The molecule has 0 spiro atoms. The second kappa shape index (κ2) is 11.3. The summed E-state index contributed by atoms with van der Waals surface area (Å²) in [5.41, 5.74) is 2.07. The van der Waals surface area contributed by atoms with Gasteiger partial charge in [0.15, 0.2) is 0 Å². The minimum Gasteiger partial charge on any atom is -0.0853 e. The largest absolute Gasteiger partial charge is 0.0853 e. The molecular weight excluding hydrogens is 252 g/mol. The molecule has 0 nitrogen and oxygen atoms in total. The Hall–Kier alpha value is -0.260. The lowest BCUT2D eigenvalue weighted by molar-refractivity contribution is 0.200.